The number of carbonyl (C=O) groups is 1. The first-order chi connectivity index (χ1) is 12.1. The molecular weight excluding hydrogens is 316 g/mol. The van der Waals surface area contributed by atoms with Crippen molar-refractivity contribution < 1.29 is 9.90 Å². The van der Waals surface area contributed by atoms with Gasteiger partial charge in [-0.1, -0.05) is 18.2 Å². The van der Waals surface area contributed by atoms with Crippen LogP contribution in [0.2, 0.25) is 0 Å². The van der Waals surface area contributed by atoms with E-state index in [1.165, 1.54) is 0 Å². The maximum absolute atomic E-state index is 12.8. The lowest BCUT2D eigenvalue weighted by atomic mass is 9.70. The van der Waals surface area contributed by atoms with Crippen molar-refractivity contribution in [2.75, 3.05) is 6.54 Å². The second-order valence-electron chi connectivity index (χ2n) is 7.93. The van der Waals surface area contributed by atoms with Crippen molar-refractivity contribution in [1.29, 1.82) is 0 Å². The molecule has 5 heterocycles. The highest BCUT2D eigenvalue weighted by Gasteiger charge is 2.48. The van der Waals surface area contributed by atoms with Crippen LogP contribution >= 0.6 is 0 Å². The molecule has 0 saturated carbocycles. The van der Waals surface area contributed by atoms with Gasteiger partial charge in [-0.15, -0.1) is 0 Å². The van der Waals surface area contributed by atoms with Gasteiger partial charge in [0.05, 0.1) is 11.6 Å². The summed E-state index contributed by atoms with van der Waals surface area (Å²) in [7, 11) is 1.87. The Morgan fingerprint density at radius 1 is 1.20 bits per heavy atom. The van der Waals surface area contributed by atoms with Gasteiger partial charge in [0.2, 0.25) is 0 Å². The van der Waals surface area contributed by atoms with Gasteiger partial charge >= 0.3 is 0 Å². The summed E-state index contributed by atoms with van der Waals surface area (Å²) < 4.78 is 1.77. The van der Waals surface area contributed by atoms with Crippen LogP contribution in [0, 0.1) is 5.92 Å². The Morgan fingerprint density at radius 2 is 1.92 bits per heavy atom. The second-order valence-corrected chi connectivity index (χ2v) is 7.93. The zero-order valence-electron chi connectivity index (χ0n) is 14.4. The molecule has 6 heteroatoms. The number of nitrogens with one attached hydrogen (secondary N) is 1. The lowest BCUT2D eigenvalue weighted by molar-refractivity contribution is -0.110. The first-order valence-electron chi connectivity index (χ1n) is 9.26. The van der Waals surface area contributed by atoms with Crippen LogP contribution in [0.4, 0.5) is 0 Å². The Morgan fingerprint density at radius 3 is 2.64 bits per heavy atom. The molecule has 0 radical (unpaired) electrons. The first-order valence-corrected chi connectivity index (χ1v) is 9.26. The number of rotatable bonds is 2. The molecule has 1 amide bonds. The van der Waals surface area contributed by atoms with Gasteiger partial charge < -0.3 is 10.4 Å². The standard InChI is InChI=1S/C19H24N4O2/c1-22-16-5-3-2-4-15(16)18(21-22)19(25)20-12-8-13-6-11-7-14(9-12)23(13)10-17(11)24/h2-5,11-14,17,24H,6-10H2,1H3,(H,20,25)/t11?,12?,13-,14?,17+/m0/s1. The smallest absolute Gasteiger partial charge is 0.272 e. The number of para-hydroxylation sites is 1. The average molecular weight is 340 g/mol. The van der Waals surface area contributed by atoms with Crippen LogP contribution in [-0.2, 0) is 7.05 Å². The number of amides is 1. The van der Waals surface area contributed by atoms with Crippen molar-refractivity contribution in [2.24, 2.45) is 13.0 Å². The first kappa shape index (κ1) is 15.3. The molecule has 1 aromatic carbocycles. The summed E-state index contributed by atoms with van der Waals surface area (Å²) >= 11 is 0. The number of carbonyl (C=O) groups excluding carboxylic acids is 1. The van der Waals surface area contributed by atoms with E-state index in [0.717, 1.165) is 43.1 Å². The van der Waals surface area contributed by atoms with E-state index in [1.54, 1.807) is 4.68 Å². The van der Waals surface area contributed by atoms with Crippen molar-refractivity contribution in [2.45, 2.75) is 49.9 Å². The van der Waals surface area contributed by atoms with E-state index in [-0.39, 0.29) is 18.1 Å². The Bertz CT molecular complexity index is 816. The molecule has 6 rings (SSSR count). The van der Waals surface area contributed by atoms with Crippen LogP contribution in [-0.4, -0.2) is 56.5 Å². The predicted molar refractivity (Wildman–Crippen MR) is 94.2 cm³/mol. The van der Waals surface area contributed by atoms with E-state index in [2.05, 4.69) is 15.3 Å². The van der Waals surface area contributed by atoms with Crippen molar-refractivity contribution in [1.82, 2.24) is 20.0 Å². The Labute approximate surface area is 146 Å². The monoisotopic (exact) mass is 340 g/mol. The normalized spacial score (nSPS) is 36.6. The maximum atomic E-state index is 12.8. The number of piperidine rings is 4. The van der Waals surface area contributed by atoms with E-state index >= 15 is 0 Å². The molecule has 6 nitrogen and oxygen atoms in total. The summed E-state index contributed by atoms with van der Waals surface area (Å²) in [5.41, 5.74) is 1.50. The minimum Gasteiger partial charge on any atom is -0.392 e. The zero-order valence-corrected chi connectivity index (χ0v) is 14.4. The van der Waals surface area contributed by atoms with E-state index in [1.807, 2.05) is 31.3 Å². The van der Waals surface area contributed by atoms with Gasteiger partial charge in [-0.05, 0) is 37.7 Å². The molecule has 4 aliphatic rings. The number of aryl methyl sites for hydroxylation is 1. The Balaban J connectivity index is 1.34. The molecule has 4 fully saturated rings. The van der Waals surface area contributed by atoms with Crippen LogP contribution in [0.15, 0.2) is 24.3 Å². The highest BCUT2D eigenvalue weighted by molar-refractivity contribution is 6.04. The van der Waals surface area contributed by atoms with Crippen LogP contribution < -0.4 is 5.32 Å². The van der Waals surface area contributed by atoms with Crippen molar-refractivity contribution >= 4 is 16.8 Å². The molecule has 2 aromatic rings. The molecule has 6 atom stereocenters. The lowest BCUT2D eigenvalue weighted by Gasteiger charge is -2.57. The van der Waals surface area contributed by atoms with Gasteiger partial charge in [0.15, 0.2) is 5.69 Å². The topological polar surface area (TPSA) is 70.4 Å². The van der Waals surface area contributed by atoms with Crippen molar-refractivity contribution in [3.63, 3.8) is 0 Å². The summed E-state index contributed by atoms with van der Waals surface area (Å²) in [4.78, 5) is 15.3. The molecule has 2 N–H and O–H groups in total. The summed E-state index contributed by atoms with van der Waals surface area (Å²) in [5.74, 6) is 0.387. The second kappa shape index (κ2) is 5.54. The van der Waals surface area contributed by atoms with E-state index < -0.39 is 0 Å². The van der Waals surface area contributed by atoms with Crippen LogP contribution in [0.1, 0.15) is 36.2 Å². The Kier molecular flexibility index (Phi) is 3.40. The molecule has 0 spiro atoms. The third kappa shape index (κ3) is 2.39. The van der Waals surface area contributed by atoms with E-state index in [9.17, 15) is 9.90 Å². The summed E-state index contributed by atoms with van der Waals surface area (Å²) in [6, 6.07) is 9.07. The Hall–Kier alpha value is -1.92. The fraction of sp³-hybridized carbons (Fsp3) is 0.579. The number of aliphatic hydroxyl groups is 1. The quantitative estimate of drug-likeness (QED) is 0.864. The average Bonchev–Trinajstić information content (AvgIpc) is 2.92. The number of aliphatic hydroxyl groups excluding tert-OH is 1. The van der Waals surface area contributed by atoms with Crippen molar-refractivity contribution in [3.8, 4) is 0 Å². The number of fused-ring (bicyclic) bond motifs is 2. The van der Waals surface area contributed by atoms with Gasteiger partial charge in [-0.2, -0.15) is 5.10 Å². The minimum absolute atomic E-state index is 0.0676. The SMILES string of the molecule is Cn1nc(C(=O)NC2CC3CC4C[C@@H](C2)N3C[C@H]4O)c2ccccc21. The maximum Gasteiger partial charge on any atom is 0.272 e. The largest absolute Gasteiger partial charge is 0.392 e. The molecule has 0 aliphatic carbocycles. The number of nitrogens with zero attached hydrogens (tertiary/aromatic N) is 3. The fourth-order valence-electron chi connectivity index (χ4n) is 5.31. The molecule has 1 aromatic heterocycles. The van der Waals surface area contributed by atoms with E-state index in [4.69, 9.17) is 0 Å². The zero-order chi connectivity index (χ0) is 17.1. The van der Waals surface area contributed by atoms with E-state index in [0.29, 0.717) is 23.7 Å². The number of hydrogen-bond donors (Lipinski definition) is 2. The van der Waals surface area contributed by atoms with Crippen LogP contribution in [0.3, 0.4) is 0 Å². The third-order valence-corrected chi connectivity index (χ3v) is 6.45. The molecule has 4 unspecified atom stereocenters. The van der Waals surface area contributed by atoms with Gasteiger partial charge in [0.1, 0.15) is 0 Å². The lowest BCUT2D eigenvalue weighted by Crippen LogP contribution is -2.65. The summed E-state index contributed by atoms with van der Waals surface area (Å²) in [5, 5.41) is 18.7. The number of benzene rings is 1. The van der Waals surface area contributed by atoms with Crippen molar-refractivity contribution in [3.05, 3.63) is 30.0 Å². The van der Waals surface area contributed by atoms with Crippen LogP contribution in [0.25, 0.3) is 10.9 Å². The fourth-order valence-corrected chi connectivity index (χ4v) is 5.31. The molecule has 132 valence electrons. The molecule has 4 bridgehead atoms. The third-order valence-electron chi connectivity index (χ3n) is 6.45. The number of hydrogen-bond acceptors (Lipinski definition) is 4. The highest BCUT2D eigenvalue weighted by Crippen LogP contribution is 2.43. The molecule has 4 aliphatic heterocycles. The summed E-state index contributed by atoms with van der Waals surface area (Å²) in [6.07, 6.45) is 3.94. The molecule has 4 saturated heterocycles. The number of aromatic nitrogens is 2. The summed E-state index contributed by atoms with van der Waals surface area (Å²) in [6.45, 7) is 0.811. The predicted octanol–water partition coefficient (Wildman–Crippen LogP) is 1.29. The minimum atomic E-state index is -0.154. The van der Waals surface area contributed by atoms with Crippen LogP contribution in [0.5, 0.6) is 0 Å². The van der Waals surface area contributed by atoms with Gasteiger partial charge in [0, 0.05) is 37.1 Å². The molecular formula is C19H24N4O2. The molecule has 25 heavy (non-hydrogen) atoms. The van der Waals surface area contributed by atoms with Gasteiger partial charge in [-0.25, -0.2) is 0 Å². The van der Waals surface area contributed by atoms with Gasteiger partial charge in [-0.3, -0.25) is 14.4 Å². The highest BCUT2D eigenvalue weighted by atomic mass is 16.3. The van der Waals surface area contributed by atoms with Gasteiger partial charge in [0.25, 0.3) is 5.91 Å².